The predicted octanol–water partition coefficient (Wildman–Crippen LogP) is 3.65. The molecule has 0 bridgehead atoms. The Hall–Kier alpha value is -2.36. The first-order valence-corrected chi connectivity index (χ1v) is 7.91. The molecule has 0 radical (unpaired) electrons. The number of anilines is 1. The molecular formula is C18H20N4. The number of hydrogen-bond acceptors (Lipinski definition) is 3. The molecule has 2 aromatic heterocycles. The first-order valence-electron chi connectivity index (χ1n) is 7.91. The van der Waals surface area contributed by atoms with Crippen molar-refractivity contribution in [2.24, 2.45) is 0 Å². The lowest BCUT2D eigenvalue weighted by Gasteiger charge is -2.34. The molecule has 0 amide bonds. The molecule has 1 saturated heterocycles. The van der Waals surface area contributed by atoms with Gasteiger partial charge in [-0.2, -0.15) is 0 Å². The lowest BCUT2D eigenvalue weighted by atomic mass is 9.96. The summed E-state index contributed by atoms with van der Waals surface area (Å²) in [7, 11) is 0. The van der Waals surface area contributed by atoms with Crippen molar-refractivity contribution in [3.8, 4) is 0 Å². The highest BCUT2D eigenvalue weighted by atomic mass is 15.1. The molecule has 4 nitrogen and oxygen atoms in total. The fraction of sp³-hybridized carbons (Fsp3) is 0.333. The van der Waals surface area contributed by atoms with E-state index in [1.54, 1.807) is 0 Å². The fourth-order valence-electron chi connectivity index (χ4n) is 3.50. The molecule has 1 unspecified atom stereocenters. The van der Waals surface area contributed by atoms with E-state index in [1.807, 2.05) is 18.6 Å². The first kappa shape index (κ1) is 13.3. The van der Waals surface area contributed by atoms with Gasteiger partial charge in [0.1, 0.15) is 5.82 Å². The minimum Gasteiger partial charge on any atom is -0.370 e. The SMILES string of the molecule is Cc1cccc2c(N3CCCC(c4ncc[nH]4)C3)ccnc12. The molecule has 4 heteroatoms. The zero-order valence-corrected chi connectivity index (χ0v) is 12.8. The highest BCUT2D eigenvalue weighted by Crippen LogP contribution is 2.32. The van der Waals surface area contributed by atoms with Gasteiger partial charge in [-0.25, -0.2) is 4.98 Å². The monoisotopic (exact) mass is 292 g/mol. The maximum absolute atomic E-state index is 4.56. The molecule has 0 aliphatic carbocycles. The smallest absolute Gasteiger partial charge is 0.110 e. The van der Waals surface area contributed by atoms with Crippen molar-refractivity contribution in [2.45, 2.75) is 25.7 Å². The Labute approximate surface area is 130 Å². The molecule has 1 aromatic carbocycles. The van der Waals surface area contributed by atoms with Gasteiger partial charge in [0.2, 0.25) is 0 Å². The summed E-state index contributed by atoms with van der Waals surface area (Å²) in [4.78, 5) is 14.8. The number of benzene rings is 1. The molecule has 1 aliphatic rings. The number of hydrogen-bond donors (Lipinski definition) is 1. The van der Waals surface area contributed by atoms with E-state index < -0.39 is 0 Å². The quantitative estimate of drug-likeness (QED) is 0.784. The lowest BCUT2D eigenvalue weighted by molar-refractivity contribution is 0.495. The minimum atomic E-state index is 0.483. The van der Waals surface area contributed by atoms with Crippen LogP contribution in [0.25, 0.3) is 10.9 Å². The number of nitrogens with zero attached hydrogens (tertiary/aromatic N) is 3. The second kappa shape index (κ2) is 5.44. The fourth-order valence-corrected chi connectivity index (χ4v) is 3.50. The average Bonchev–Trinajstić information content (AvgIpc) is 3.09. The molecular weight excluding hydrogens is 272 g/mol. The van der Waals surface area contributed by atoms with Gasteiger partial charge in [-0.15, -0.1) is 0 Å². The number of aryl methyl sites for hydroxylation is 1. The van der Waals surface area contributed by atoms with Crippen LogP contribution in [0, 0.1) is 6.92 Å². The van der Waals surface area contributed by atoms with Crippen LogP contribution in [0.1, 0.15) is 30.1 Å². The van der Waals surface area contributed by atoms with Crippen LogP contribution in [0.3, 0.4) is 0 Å². The summed E-state index contributed by atoms with van der Waals surface area (Å²) in [5.74, 6) is 1.59. The molecule has 1 aliphatic heterocycles. The third-order valence-corrected chi connectivity index (χ3v) is 4.62. The Morgan fingerprint density at radius 3 is 3.00 bits per heavy atom. The Morgan fingerprint density at radius 2 is 2.14 bits per heavy atom. The predicted molar refractivity (Wildman–Crippen MR) is 89.3 cm³/mol. The Kier molecular flexibility index (Phi) is 3.29. The van der Waals surface area contributed by atoms with Gasteiger partial charge in [-0.3, -0.25) is 4.98 Å². The van der Waals surface area contributed by atoms with Crippen molar-refractivity contribution >= 4 is 16.6 Å². The van der Waals surface area contributed by atoms with E-state index in [1.165, 1.54) is 29.5 Å². The molecule has 1 atom stereocenters. The summed E-state index contributed by atoms with van der Waals surface area (Å²) in [5, 5.41) is 1.25. The van der Waals surface area contributed by atoms with Gasteiger partial charge in [-0.1, -0.05) is 18.2 Å². The van der Waals surface area contributed by atoms with Crippen LogP contribution in [-0.2, 0) is 0 Å². The summed E-state index contributed by atoms with van der Waals surface area (Å²) in [6.07, 6.45) is 8.09. The normalized spacial score (nSPS) is 18.8. The number of piperidine rings is 1. The molecule has 1 fully saturated rings. The molecule has 0 spiro atoms. The summed E-state index contributed by atoms with van der Waals surface area (Å²) in [6, 6.07) is 8.57. The highest BCUT2D eigenvalue weighted by Gasteiger charge is 2.24. The van der Waals surface area contributed by atoms with E-state index in [-0.39, 0.29) is 0 Å². The molecule has 3 aromatic rings. The van der Waals surface area contributed by atoms with Crippen LogP contribution >= 0.6 is 0 Å². The number of fused-ring (bicyclic) bond motifs is 1. The maximum Gasteiger partial charge on any atom is 0.110 e. The summed E-state index contributed by atoms with van der Waals surface area (Å²) in [6.45, 7) is 4.24. The molecule has 4 rings (SSSR count). The van der Waals surface area contributed by atoms with Gasteiger partial charge in [-0.05, 0) is 31.4 Å². The summed E-state index contributed by atoms with van der Waals surface area (Å²) >= 11 is 0. The van der Waals surface area contributed by atoms with Crippen molar-refractivity contribution in [3.05, 3.63) is 54.2 Å². The average molecular weight is 292 g/mol. The van der Waals surface area contributed by atoms with Crippen molar-refractivity contribution < 1.29 is 0 Å². The van der Waals surface area contributed by atoms with Crippen LogP contribution in [0.5, 0.6) is 0 Å². The molecule has 3 heterocycles. The number of nitrogens with one attached hydrogen (secondary N) is 1. The minimum absolute atomic E-state index is 0.483. The van der Waals surface area contributed by atoms with Crippen molar-refractivity contribution in [2.75, 3.05) is 18.0 Å². The number of aromatic amines is 1. The number of H-pyrrole nitrogens is 1. The van der Waals surface area contributed by atoms with Crippen molar-refractivity contribution in [1.82, 2.24) is 15.0 Å². The Bertz CT molecular complexity index is 779. The number of aromatic nitrogens is 3. The van der Waals surface area contributed by atoms with Crippen LogP contribution in [-0.4, -0.2) is 28.0 Å². The second-order valence-electron chi connectivity index (χ2n) is 6.06. The van der Waals surface area contributed by atoms with Crippen molar-refractivity contribution in [3.63, 3.8) is 0 Å². The number of para-hydroxylation sites is 1. The number of imidazole rings is 1. The van der Waals surface area contributed by atoms with E-state index in [2.05, 4.69) is 51.0 Å². The standard InChI is InChI=1S/C18H20N4/c1-13-4-2-6-15-16(7-8-19-17(13)15)22-11-3-5-14(12-22)18-20-9-10-21-18/h2,4,6-10,14H,3,5,11-12H2,1H3,(H,20,21). The first-order chi connectivity index (χ1) is 10.8. The van der Waals surface area contributed by atoms with Gasteiger partial charge < -0.3 is 9.88 Å². The van der Waals surface area contributed by atoms with E-state index >= 15 is 0 Å². The summed E-state index contributed by atoms with van der Waals surface area (Å²) in [5.41, 5.74) is 3.64. The largest absolute Gasteiger partial charge is 0.370 e. The maximum atomic E-state index is 4.56. The van der Waals surface area contributed by atoms with E-state index in [9.17, 15) is 0 Å². The van der Waals surface area contributed by atoms with Crippen LogP contribution in [0.2, 0.25) is 0 Å². The van der Waals surface area contributed by atoms with Gasteiger partial charge in [0, 0.05) is 48.7 Å². The third-order valence-electron chi connectivity index (χ3n) is 4.62. The lowest BCUT2D eigenvalue weighted by Crippen LogP contribution is -2.34. The third kappa shape index (κ3) is 2.25. The van der Waals surface area contributed by atoms with Gasteiger partial charge >= 0.3 is 0 Å². The molecule has 0 saturated carbocycles. The topological polar surface area (TPSA) is 44.8 Å². The second-order valence-corrected chi connectivity index (χ2v) is 6.06. The van der Waals surface area contributed by atoms with Gasteiger partial charge in [0.05, 0.1) is 5.52 Å². The van der Waals surface area contributed by atoms with Gasteiger partial charge in [0.25, 0.3) is 0 Å². The van der Waals surface area contributed by atoms with Crippen LogP contribution in [0.15, 0.2) is 42.9 Å². The molecule has 22 heavy (non-hydrogen) atoms. The van der Waals surface area contributed by atoms with Crippen LogP contribution in [0.4, 0.5) is 5.69 Å². The molecule has 112 valence electrons. The highest BCUT2D eigenvalue weighted by molar-refractivity contribution is 5.93. The van der Waals surface area contributed by atoms with E-state index in [0.29, 0.717) is 5.92 Å². The summed E-state index contributed by atoms with van der Waals surface area (Å²) < 4.78 is 0. The number of rotatable bonds is 2. The zero-order valence-electron chi connectivity index (χ0n) is 12.8. The van der Waals surface area contributed by atoms with Gasteiger partial charge in [0.15, 0.2) is 0 Å². The number of pyridine rings is 1. The Balaban J connectivity index is 1.71. The van der Waals surface area contributed by atoms with Crippen molar-refractivity contribution in [1.29, 1.82) is 0 Å². The van der Waals surface area contributed by atoms with E-state index in [0.717, 1.165) is 24.4 Å². The zero-order chi connectivity index (χ0) is 14.9. The van der Waals surface area contributed by atoms with E-state index in [4.69, 9.17) is 0 Å². The van der Waals surface area contributed by atoms with Crippen LogP contribution < -0.4 is 4.90 Å². The Morgan fingerprint density at radius 1 is 1.18 bits per heavy atom. The molecule has 1 N–H and O–H groups in total.